The number of carbonyl (C=O) groups is 1. The predicted molar refractivity (Wildman–Crippen MR) is 89.1 cm³/mol. The summed E-state index contributed by atoms with van der Waals surface area (Å²) in [6.45, 7) is 7.27. The second kappa shape index (κ2) is 10.4. The number of unbranched alkanes of at least 4 members (excludes halogenated alkanes) is 2. The number of ketones is 1. The van der Waals surface area contributed by atoms with E-state index in [-0.39, 0.29) is 5.78 Å². The molecule has 0 aliphatic carbocycles. The van der Waals surface area contributed by atoms with Crippen molar-refractivity contribution in [1.82, 2.24) is 0 Å². The smallest absolute Gasteiger partial charge is 0.163 e. The summed E-state index contributed by atoms with van der Waals surface area (Å²) in [6, 6.07) is 7.62. The minimum atomic E-state index is 0.262. The molecule has 1 unspecified atom stereocenters. The lowest BCUT2D eigenvalue weighted by Gasteiger charge is -2.13. The van der Waals surface area contributed by atoms with Crippen molar-refractivity contribution in [2.24, 2.45) is 5.92 Å². The molecule has 2 heteroatoms. The average molecular weight is 290 g/mol. The highest BCUT2D eigenvalue weighted by Crippen LogP contribution is 2.21. The van der Waals surface area contributed by atoms with Crippen LogP contribution in [0, 0.1) is 5.92 Å². The minimum absolute atomic E-state index is 0.262. The molecule has 0 N–H and O–H groups in total. The monoisotopic (exact) mass is 290 g/mol. The van der Waals surface area contributed by atoms with Gasteiger partial charge < -0.3 is 4.74 Å². The summed E-state index contributed by atoms with van der Waals surface area (Å²) in [7, 11) is 0. The van der Waals surface area contributed by atoms with E-state index < -0.39 is 0 Å². The standard InChI is InChI=1S/C19H30O2/c1-4-7-9-16(6-3)15-19(20)17-10-12-18(13-11-17)21-14-8-5-2/h10-13,16H,4-9,14-15H2,1-3H3. The van der Waals surface area contributed by atoms with Gasteiger partial charge in [-0.2, -0.15) is 0 Å². The molecule has 2 nitrogen and oxygen atoms in total. The maximum Gasteiger partial charge on any atom is 0.163 e. The van der Waals surface area contributed by atoms with Gasteiger partial charge >= 0.3 is 0 Å². The zero-order chi connectivity index (χ0) is 15.5. The van der Waals surface area contributed by atoms with Crippen molar-refractivity contribution in [3.8, 4) is 5.75 Å². The summed E-state index contributed by atoms with van der Waals surface area (Å²) >= 11 is 0. The largest absolute Gasteiger partial charge is 0.494 e. The van der Waals surface area contributed by atoms with Gasteiger partial charge in [-0.25, -0.2) is 0 Å². The number of carbonyl (C=O) groups excluding carboxylic acids is 1. The van der Waals surface area contributed by atoms with Crippen LogP contribution in [0.5, 0.6) is 5.75 Å². The summed E-state index contributed by atoms with van der Waals surface area (Å²) in [6.07, 6.45) is 7.54. The van der Waals surface area contributed by atoms with Crippen LogP contribution in [0.3, 0.4) is 0 Å². The highest BCUT2D eigenvalue weighted by atomic mass is 16.5. The van der Waals surface area contributed by atoms with Crippen LogP contribution < -0.4 is 4.74 Å². The molecule has 0 bridgehead atoms. The first-order chi connectivity index (χ1) is 10.2. The third-order valence-electron chi connectivity index (χ3n) is 3.96. The number of ether oxygens (including phenoxy) is 1. The maximum atomic E-state index is 12.3. The van der Waals surface area contributed by atoms with E-state index in [0.717, 1.165) is 43.6 Å². The van der Waals surface area contributed by atoms with Gasteiger partial charge in [0.25, 0.3) is 0 Å². The van der Waals surface area contributed by atoms with E-state index in [0.29, 0.717) is 12.3 Å². The molecule has 0 aromatic heterocycles. The Morgan fingerprint density at radius 3 is 2.29 bits per heavy atom. The number of hydrogen-bond donors (Lipinski definition) is 0. The fourth-order valence-electron chi connectivity index (χ4n) is 2.39. The molecule has 0 fully saturated rings. The van der Waals surface area contributed by atoms with Crippen LogP contribution in [-0.2, 0) is 0 Å². The van der Waals surface area contributed by atoms with Crippen molar-refractivity contribution in [2.45, 2.75) is 65.7 Å². The van der Waals surface area contributed by atoms with E-state index in [2.05, 4.69) is 20.8 Å². The van der Waals surface area contributed by atoms with Crippen LogP contribution >= 0.6 is 0 Å². The molecule has 1 atom stereocenters. The third kappa shape index (κ3) is 6.79. The van der Waals surface area contributed by atoms with E-state index in [4.69, 9.17) is 4.74 Å². The molecule has 0 spiro atoms. The Balaban J connectivity index is 2.49. The van der Waals surface area contributed by atoms with Crippen molar-refractivity contribution >= 4 is 5.78 Å². The number of Topliss-reactive ketones (excluding diaryl/α,β-unsaturated/α-hetero) is 1. The molecule has 0 aliphatic heterocycles. The Morgan fingerprint density at radius 2 is 1.71 bits per heavy atom. The lowest BCUT2D eigenvalue weighted by atomic mass is 9.91. The SMILES string of the molecule is CCCCOc1ccc(C(=O)CC(CC)CCCC)cc1. The summed E-state index contributed by atoms with van der Waals surface area (Å²) in [4.78, 5) is 12.3. The van der Waals surface area contributed by atoms with Gasteiger partial charge in [-0.3, -0.25) is 4.79 Å². The van der Waals surface area contributed by atoms with Gasteiger partial charge in [0.2, 0.25) is 0 Å². The van der Waals surface area contributed by atoms with Gasteiger partial charge in [0.05, 0.1) is 6.61 Å². The van der Waals surface area contributed by atoms with Crippen molar-refractivity contribution < 1.29 is 9.53 Å². The van der Waals surface area contributed by atoms with Crippen molar-refractivity contribution in [2.75, 3.05) is 6.61 Å². The van der Waals surface area contributed by atoms with E-state index in [1.165, 1.54) is 12.8 Å². The van der Waals surface area contributed by atoms with Crippen LogP contribution in [0.1, 0.15) is 76.1 Å². The van der Waals surface area contributed by atoms with Crippen LogP contribution in [-0.4, -0.2) is 12.4 Å². The molecule has 0 amide bonds. The molecule has 1 aromatic carbocycles. The highest BCUT2D eigenvalue weighted by molar-refractivity contribution is 5.96. The minimum Gasteiger partial charge on any atom is -0.494 e. The van der Waals surface area contributed by atoms with E-state index in [1.54, 1.807) is 0 Å². The number of hydrogen-bond acceptors (Lipinski definition) is 2. The van der Waals surface area contributed by atoms with Crippen LogP contribution in [0.2, 0.25) is 0 Å². The highest BCUT2D eigenvalue weighted by Gasteiger charge is 2.13. The van der Waals surface area contributed by atoms with Crippen molar-refractivity contribution in [1.29, 1.82) is 0 Å². The second-order valence-electron chi connectivity index (χ2n) is 5.77. The van der Waals surface area contributed by atoms with Gasteiger partial charge in [0.15, 0.2) is 5.78 Å². The Kier molecular flexibility index (Phi) is 8.80. The number of rotatable bonds is 11. The van der Waals surface area contributed by atoms with Gasteiger partial charge in [0, 0.05) is 12.0 Å². The Morgan fingerprint density at radius 1 is 1.05 bits per heavy atom. The van der Waals surface area contributed by atoms with Gasteiger partial charge in [0.1, 0.15) is 5.75 Å². The summed E-state index contributed by atoms with van der Waals surface area (Å²) in [5, 5.41) is 0. The first kappa shape index (κ1) is 17.7. The zero-order valence-corrected chi connectivity index (χ0v) is 13.9. The second-order valence-corrected chi connectivity index (χ2v) is 5.77. The lowest BCUT2D eigenvalue weighted by Crippen LogP contribution is -2.08. The van der Waals surface area contributed by atoms with Gasteiger partial charge in [-0.15, -0.1) is 0 Å². The summed E-state index contributed by atoms with van der Waals surface area (Å²) < 4.78 is 5.63. The first-order valence-corrected chi connectivity index (χ1v) is 8.47. The quantitative estimate of drug-likeness (QED) is 0.388. The fraction of sp³-hybridized carbons (Fsp3) is 0.632. The molecule has 1 rings (SSSR count). The van der Waals surface area contributed by atoms with E-state index in [1.807, 2.05) is 24.3 Å². The third-order valence-corrected chi connectivity index (χ3v) is 3.96. The van der Waals surface area contributed by atoms with Crippen molar-refractivity contribution in [3.05, 3.63) is 29.8 Å². The van der Waals surface area contributed by atoms with Crippen LogP contribution in [0.25, 0.3) is 0 Å². The first-order valence-electron chi connectivity index (χ1n) is 8.47. The normalized spacial score (nSPS) is 12.1. The molecule has 1 aromatic rings. The van der Waals surface area contributed by atoms with E-state index >= 15 is 0 Å². The molecular weight excluding hydrogens is 260 g/mol. The topological polar surface area (TPSA) is 26.3 Å². The Bertz CT molecular complexity index is 395. The molecule has 0 saturated heterocycles. The van der Waals surface area contributed by atoms with Crippen molar-refractivity contribution in [3.63, 3.8) is 0 Å². The molecule has 21 heavy (non-hydrogen) atoms. The molecule has 118 valence electrons. The average Bonchev–Trinajstić information content (AvgIpc) is 2.52. The molecule has 0 radical (unpaired) electrons. The molecule has 0 heterocycles. The molecule has 0 aliphatic rings. The summed E-state index contributed by atoms with van der Waals surface area (Å²) in [5.41, 5.74) is 0.813. The van der Waals surface area contributed by atoms with Gasteiger partial charge in [-0.1, -0.05) is 52.9 Å². The fourth-order valence-corrected chi connectivity index (χ4v) is 2.39. The zero-order valence-electron chi connectivity index (χ0n) is 13.9. The number of benzene rings is 1. The van der Waals surface area contributed by atoms with E-state index in [9.17, 15) is 4.79 Å². The van der Waals surface area contributed by atoms with Crippen LogP contribution in [0.15, 0.2) is 24.3 Å². The Labute approximate surface area is 129 Å². The van der Waals surface area contributed by atoms with Gasteiger partial charge in [-0.05, 0) is 36.6 Å². The Hall–Kier alpha value is -1.31. The molecule has 0 saturated carbocycles. The maximum absolute atomic E-state index is 12.3. The predicted octanol–water partition coefficient (Wildman–Crippen LogP) is 5.65. The summed E-state index contributed by atoms with van der Waals surface area (Å²) in [5.74, 6) is 1.65. The van der Waals surface area contributed by atoms with Crippen LogP contribution in [0.4, 0.5) is 0 Å². The lowest BCUT2D eigenvalue weighted by molar-refractivity contribution is 0.0957. The molecular formula is C19H30O2.